The lowest BCUT2D eigenvalue weighted by molar-refractivity contribution is -0.142. The first-order valence-corrected chi connectivity index (χ1v) is 11.2. The number of carbonyl (C=O) groups excluding carboxylic acids is 1. The summed E-state index contributed by atoms with van der Waals surface area (Å²) in [6.45, 7) is 5.25. The van der Waals surface area contributed by atoms with Crippen molar-refractivity contribution >= 4 is 33.7 Å². The molecular formula is C26H26N2O7. The number of phenols is 1. The molecule has 4 aromatic rings. The number of carbonyl (C=O) groups is 2. The maximum Gasteiger partial charge on any atom is 0.339 e. The van der Waals surface area contributed by atoms with E-state index in [1.165, 1.54) is 19.1 Å². The molecule has 2 aromatic carbocycles. The van der Waals surface area contributed by atoms with E-state index in [1.807, 2.05) is 13.8 Å². The quantitative estimate of drug-likeness (QED) is 0.284. The first kappa shape index (κ1) is 23.9. The Morgan fingerprint density at radius 1 is 1.17 bits per heavy atom. The number of benzene rings is 2. The van der Waals surface area contributed by atoms with Gasteiger partial charge in [-0.2, -0.15) is 0 Å². The predicted octanol–water partition coefficient (Wildman–Crippen LogP) is 3.43. The van der Waals surface area contributed by atoms with Crippen molar-refractivity contribution in [2.45, 2.75) is 45.8 Å². The van der Waals surface area contributed by atoms with Crippen molar-refractivity contribution in [1.82, 2.24) is 10.3 Å². The number of H-pyrrole nitrogens is 1. The largest absolute Gasteiger partial charge is 0.508 e. The molecule has 0 fully saturated rings. The summed E-state index contributed by atoms with van der Waals surface area (Å²) in [5.41, 5.74) is 2.78. The number of aromatic nitrogens is 1. The summed E-state index contributed by atoms with van der Waals surface area (Å²) in [5.74, 6) is -1.44. The first-order chi connectivity index (χ1) is 16.7. The molecule has 1 amide bonds. The monoisotopic (exact) mass is 478 g/mol. The van der Waals surface area contributed by atoms with Gasteiger partial charge in [0.15, 0.2) is 6.10 Å². The normalized spacial score (nSPS) is 13.0. The minimum absolute atomic E-state index is 0.0113. The van der Waals surface area contributed by atoms with Gasteiger partial charge in [-0.15, -0.1) is 0 Å². The van der Waals surface area contributed by atoms with Gasteiger partial charge >= 0.3 is 11.6 Å². The van der Waals surface area contributed by atoms with Gasteiger partial charge in [0.25, 0.3) is 5.91 Å². The number of aromatic amines is 1. The van der Waals surface area contributed by atoms with Gasteiger partial charge < -0.3 is 29.7 Å². The van der Waals surface area contributed by atoms with Gasteiger partial charge in [-0.05, 0) is 61.7 Å². The van der Waals surface area contributed by atoms with Gasteiger partial charge in [-0.25, -0.2) is 9.59 Å². The van der Waals surface area contributed by atoms with Crippen LogP contribution in [-0.4, -0.2) is 39.2 Å². The Morgan fingerprint density at radius 2 is 1.94 bits per heavy atom. The van der Waals surface area contributed by atoms with Crippen molar-refractivity contribution in [3.05, 3.63) is 69.7 Å². The summed E-state index contributed by atoms with van der Waals surface area (Å²) >= 11 is 0. The number of rotatable bonds is 8. The van der Waals surface area contributed by atoms with Gasteiger partial charge in [0.05, 0.1) is 0 Å². The van der Waals surface area contributed by atoms with E-state index in [0.717, 1.165) is 16.5 Å². The van der Waals surface area contributed by atoms with Gasteiger partial charge in [-0.3, -0.25) is 4.79 Å². The van der Waals surface area contributed by atoms with E-state index in [2.05, 4.69) is 10.3 Å². The standard InChI is InChI=1S/C26H26N2O7/c1-4-18-13(2)19-7-6-17(11-23(19)35-26(18)33)34-14(3)24(30)28-22(25(31)32)9-15-12-27-21-8-5-16(29)10-20(15)21/h5-8,10-12,14,22,27,29H,4,9H2,1-3H3,(H,28,30)(H,31,32). The van der Waals surface area contributed by atoms with Crippen LogP contribution in [0.1, 0.15) is 30.5 Å². The van der Waals surface area contributed by atoms with E-state index in [9.17, 15) is 24.6 Å². The van der Waals surface area contributed by atoms with Gasteiger partial charge in [0, 0.05) is 40.5 Å². The molecular weight excluding hydrogens is 452 g/mol. The van der Waals surface area contributed by atoms with Crippen LogP contribution in [0.3, 0.4) is 0 Å². The molecule has 4 rings (SSSR count). The maximum atomic E-state index is 12.7. The molecule has 0 bridgehead atoms. The Hall–Kier alpha value is -4.27. The van der Waals surface area contributed by atoms with Crippen LogP contribution in [-0.2, 0) is 22.4 Å². The number of hydrogen-bond acceptors (Lipinski definition) is 6. The Morgan fingerprint density at radius 3 is 2.66 bits per heavy atom. The third-order valence-corrected chi connectivity index (χ3v) is 6.08. The van der Waals surface area contributed by atoms with Crippen LogP contribution in [0.25, 0.3) is 21.9 Å². The topological polar surface area (TPSA) is 142 Å². The zero-order valence-electron chi connectivity index (χ0n) is 19.5. The van der Waals surface area contributed by atoms with E-state index in [1.54, 1.807) is 30.5 Å². The molecule has 35 heavy (non-hydrogen) atoms. The summed E-state index contributed by atoms with van der Waals surface area (Å²) in [4.78, 5) is 39.8. The molecule has 0 aliphatic heterocycles. The molecule has 0 saturated heterocycles. The summed E-state index contributed by atoms with van der Waals surface area (Å²) in [6, 6.07) is 8.52. The van der Waals surface area contributed by atoms with Crippen molar-refractivity contribution in [1.29, 1.82) is 0 Å². The second-order valence-electron chi connectivity index (χ2n) is 8.41. The summed E-state index contributed by atoms with van der Waals surface area (Å²) in [5, 5.41) is 23.4. The van der Waals surface area contributed by atoms with Crippen molar-refractivity contribution in [3.63, 3.8) is 0 Å². The molecule has 0 aliphatic rings. The third-order valence-electron chi connectivity index (χ3n) is 6.08. The number of carboxylic acid groups (broad SMARTS) is 1. The number of fused-ring (bicyclic) bond motifs is 2. The van der Waals surface area contributed by atoms with Crippen LogP contribution < -0.4 is 15.7 Å². The zero-order valence-corrected chi connectivity index (χ0v) is 19.5. The third kappa shape index (κ3) is 4.84. The molecule has 0 saturated carbocycles. The highest BCUT2D eigenvalue weighted by Crippen LogP contribution is 2.26. The molecule has 182 valence electrons. The van der Waals surface area contributed by atoms with Crippen LogP contribution >= 0.6 is 0 Å². The number of amides is 1. The van der Waals surface area contributed by atoms with E-state index >= 15 is 0 Å². The average molecular weight is 479 g/mol. The lowest BCUT2D eigenvalue weighted by Gasteiger charge is -2.19. The van der Waals surface area contributed by atoms with Crippen LogP contribution in [0.4, 0.5) is 0 Å². The van der Waals surface area contributed by atoms with Crippen LogP contribution in [0.5, 0.6) is 11.5 Å². The molecule has 2 unspecified atom stereocenters. The number of carboxylic acids is 1. The highest BCUT2D eigenvalue weighted by molar-refractivity contribution is 5.89. The fourth-order valence-electron chi connectivity index (χ4n) is 4.16. The molecule has 0 aliphatic carbocycles. The fourth-order valence-corrected chi connectivity index (χ4v) is 4.16. The van der Waals surface area contributed by atoms with E-state index < -0.39 is 29.6 Å². The average Bonchev–Trinajstić information content (AvgIpc) is 3.20. The number of hydrogen-bond donors (Lipinski definition) is 4. The second-order valence-corrected chi connectivity index (χ2v) is 8.41. The van der Waals surface area contributed by atoms with Gasteiger partial charge in [0.1, 0.15) is 23.1 Å². The Labute approximate surface area is 200 Å². The van der Waals surface area contributed by atoms with Gasteiger partial charge in [0.2, 0.25) is 0 Å². The molecule has 2 aromatic heterocycles. The highest BCUT2D eigenvalue weighted by Gasteiger charge is 2.25. The number of aryl methyl sites for hydroxylation is 1. The Kier molecular flexibility index (Phi) is 6.50. The number of nitrogens with one attached hydrogen (secondary N) is 2. The van der Waals surface area contributed by atoms with Crippen molar-refractivity contribution in [3.8, 4) is 11.5 Å². The van der Waals surface area contributed by atoms with Crippen LogP contribution in [0, 0.1) is 6.92 Å². The van der Waals surface area contributed by atoms with E-state index in [0.29, 0.717) is 34.3 Å². The van der Waals surface area contributed by atoms with Gasteiger partial charge in [-0.1, -0.05) is 6.92 Å². The Bertz CT molecular complexity index is 1480. The number of aliphatic carboxylic acids is 1. The maximum absolute atomic E-state index is 12.7. The first-order valence-electron chi connectivity index (χ1n) is 11.2. The van der Waals surface area contributed by atoms with Crippen molar-refractivity contribution in [2.75, 3.05) is 0 Å². The number of aromatic hydroxyl groups is 1. The molecule has 2 heterocycles. The highest BCUT2D eigenvalue weighted by atomic mass is 16.5. The lowest BCUT2D eigenvalue weighted by Crippen LogP contribution is -2.47. The number of phenolic OH excluding ortho intramolecular Hbond substituents is 1. The molecule has 2 atom stereocenters. The van der Waals surface area contributed by atoms with Crippen LogP contribution in [0.15, 0.2) is 51.8 Å². The SMILES string of the molecule is CCc1c(C)c2ccc(OC(C)C(=O)NC(Cc3c[nH]c4ccc(O)cc34)C(=O)O)cc2oc1=O. The molecule has 9 heteroatoms. The van der Waals surface area contributed by atoms with E-state index in [-0.39, 0.29) is 12.2 Å². The van der Waals surface area contributed by atoms with Crippen LogP contribution in [0.2, 0.25) is 0 Å². The minimum atomic E-state index is -1.21. The minimum Gasteiger partial charge on any atom is -0.508 e. The molecule has 9 nitrogen and oxygen atoms in total. The number of ether oxygens (including phenoxy) is 1. The zero-order chi connectivity index (χ0) is 25.3. The second kappa shape index (κ2) is 9.54. The lowest BCUT2D eigenvalue weighted by atomic mass is 10.0. The Balaban J connectivity index is 1.49. The summed E-state index contributed by atoms with van der Waals surface area (Å²) in [6.07, 6.45) is 1.21. The molecule has 0 spiro atoms. The predicted molar refractivity (Wildman–Crippen MR) is 130 cm³/mol. The van der Waals surface area contributed by atoms with E-state index in [4.69, 9.17) is 9.15 Å². The molecule has 0 radical (unpaired) electrons. The summed E-state index contributed by atoms with van der Waals surface area (Å²) in [7, 11) is 0. The smallest absolute Gasteiger partial charge is 0.339 e. The molecule has 4 N–H and O–H groups in total. The van der Waals surface area contributed by atoms with Crippen molar-refractivity contribution in [2.24, 2.45) is 0 Å². The van der Waals surface area contributed by atoms with Crippen molar-refractivity contribution < 1.29 is 29.0 Å². The summed E-state index contributed by atoms with van der Waals surface area (Å²) < 4.78 is 11.1. The fraction of sp³-hybridized carbons (Fsp3) is 0.269.